The molecule has 0 saturated heterocycles. The van der Waals surface area contributed by atoms with Crippen LogP contribution in [0.25, 0.3) is 0 Å². The van der Waals surface area contributed by atoms with Gasteiger partial charge in [-0.3, -0.25) is 4.79 Å². The number of carbonyl (C=O) groups excluding carboxylic acids is 1. The van der Waals surface area contributed by atoms with Crippen molar-refractivity contribution in [2.75, 3.05) is 0 Å². The molecule has 1 saturated carbocycles. The van der Waals surface area contributed by atoms with Crippen LogP contribution < -0.4 is 5.32 Å². The van der Waals surface area contributed by atoms with Crippen LogP contribution in [0, 0.1) is 10.8 Å². The number of dihydropyridines is 1. The number of nitrogens with zero attached hydrogens (tertiary/aromatic N) is 2. The molecule has 0 bridgehead atoms. The smallest absolute Gasteiger partial charge is 0.162 e. The summed E-state index contributed by atoms with van der Waals surface area (Å²) in [4.78, 5) is 12.9. The largest absolute Gasteiger partial charge is 0.342 e. The fourth-order valence-corrected chi connectivity index (χ4v) is 4.93. The summed E-state index contributed by atoms with van der Waals surface area (Å²) in [6, 6.07) is 0.113. The Morgan fingerprint density at radius 2 is 1.90 bits per heavy atom. The van der Waals surface area contributed by atoms with E-state index in [0.29, 0.717) is 12.2 Å². The van der Waals surface area contributed by atoms with Crippen molar-refractivity contribution in [3.05, 3.63) is 22.7 Å². The van der Waals surface area contributed by atoms with Crippen molar-refractivity contribution in [3.8, 4) is 0 Å². The molecule has 0 aromatic rings. The van der Waals surface area contributed by atoms with Crippen LogP contribution in [0.3, 0.4) is 0 Å². The highest BCUT2D eigenvalue weighted by Crippen LogP contribution is 2.58. The monoisotopic (exact) mass is 285 g/mol. The molecule has 1 atom stereocenters. The fraction of sp³-hybridized carbons (Fsp3) is 0.706. The first-order valence-corrected chi connectivity index (χ1v) is 8.12. The maximum atomic E-state index is 12.9. The molecule has 1 spiro atoms. The van der Waals surface area contributed by atoms with E-state index in [1.807, 2.05) is 0 Å². The number of ketones is 1. The second-order valence-electron chi connectivity index (χ2n) is 7.86. The van der Waals surface area contributed by atoms with Crippen molar-refractivity contribution in [2.24, 2.45) is 21.1 Å². The van der Waals surface area contributed by atoms with Crippen molar-refractivity contribution >= 4 is 5.78 Å². The van der Waals surface area contributed by atoms with Crippen molar-refractivity contribution in [1.82, 2.24) is 5.32 Å². The van der Waals surface area contributed by atoms with Gasteiger partial charge in [-0.2, -0.15) is 5.11 Å². The van der Waals surface area contributed by atoms with Crippen LogP contribution in [0.5, 0.6) is 0 Å². The third-order valence-electron chi connectivity index (χ3n) is 5.60. The Morgan fingerprint density at radius 3 is 2.62 bits per heavy atom. The molecular formula is C17H23N3O. The van der Waals surface area contributed by atoms with Gasteiger partial charge in [-0.25, -0.2) is 0 Å². The molecule has 2 aliphatic heterocycles. The third-order valence-corrected chi connectivity index (χ3v) is 5.60. The molecule has 4 aliphatic rings. The summed E-state index contributed by atoms with van der Waals surface area (Å²) in [6.07, 6.45) is 6.20. The number of Topliss-reactive ketones (excluding diaryl/α,β-unsaturated/α-hetero) is 1. The SMILES string of the molecule is CC1N=NC2=C1C1(CCCC1)C1=C(CC(C)(C)CC1=O)N2. The Hall–Kier alpha value is -1.45. The Bertz CT molecular complexity index is 618. The molecule has 1 unspecified atom stereocenters. The van der Waals surface area contributed by atoms with Crippen LogP contribution >= 0.6 is 0 Å². The molecule has 0 amide bonds. The fourth-order valence-electron chi connectivity index (χ4n) is 4.93. The quantitative estimate of drug-likeness (QED) is 0.734. The Kier molecular flexibility index (Phi) is 2.55. The van der Waals surface area contributed by atoms with Crippen LogP contribution in [0.2, 0.25) is 0 Å². The van der Waals surface area contributed by atoms with Crippen molar-refractivity contribution in [1.29, 1.82) is 0 Å². The second kappa shape index (κ2) is 4.05. The first-order chi connectivity index (χ1) is 9.93. The number of fused-ring (bicyclic) bond motifs is 2. The maximum Gasteiger partial charge on any atom is 0.162 e. The molecule has 4 rings (SSSR count). The lowest BCUT2D eigenvalue weighted by molar-refractivity contribution is -0.119. The van der Waals surface area contributed by atoms with E-state index >= 15 is 0 Å². The number of azo groups is 1. The lowest BCUT2D eigenvalue weighted by Gasteiger charge is -2.44. The van der Waals surface area contributed by atoms with Crippen molar-refractivity contribution in [2.45, 2.75) is 65.3 Å². The van der Waals surface area contributed by atoms with E-state index in [4.69, 9.17) is 0 Å². The molecule has 0 radical (unpaired) electrons. The predicted octanol–water partition coefficient (Wildman–Crippen LogP) is 3.86. The Balaban J connectivity index is 1.89. The lowest BCUT2D eigenvalue weighted by Crippen LogP contribution is -2.43. The zero-order valence-electron chi connectivity index (χ0n) is 13.1. The summed E-state index contributed by atoms with van der Waals surface area (Å²) in [5.74, 6) is 1.29. The number of carbonyl (C=O) groups is 1. The minimum atomic E-state index is -0.0631. The van der Waals surface area contributed by atoms with Crippen molar-refractivity contribution in [3.63, 3.8) is 0 Å². The summed E-state index contributed by atoms with van der Waals surface area (Å²) in [7, 11) is 0. The molecule has 0 aromatic carbocycles. The second-order valence-corrected chi connectivity index (χ2v) is 7.86. The predicted molar refractivity (Wildman–Crippen MR) is 80.4 cm³/mol. The van der Waals surface area contributed by atoms with Gasteiger partial charge in [0, 0.05) is 28.7 Å². The van der Waals surface area contributed by atoms with E-state index in [0.717, 1.165) is 36.4 Å². The van der Waals surface area contributed by atoms with Crippen LogP contribution in [-0.2, 0) is 4.79 Å². The first kappa shape index (κ1) is 13.2. The first-order valence-electron chi connectivity index (χ1n) is 8.12. The van der Waals surface area contributed by atoms with Gasteiger partial charge in [0.15, 0.2) is 11.6 Å². The average Bonchev–Trinajstić information content (AvgIpc) is 2.96. The van der Waals surface area contributed by atoms with E-state index in [1.165, 1.54) is 18.4 Å². The topological polar surface area (TPSA) is 53.8 Å². The molecule has 4 nitrogen and oxygen atoms in total. The van der Waals surface area contributed by atoms with Gasteiger partial charge in [0.25, 0.3) is 0 Å². The molecule has 0 aromatic heterocycles. The van der Waals surface area contributed by atoms with Crippen molar-refractivity contribution < 1.29 is 4.79 Å². The van der Waals surface area contributed by atoms with Crippen LogP contribution in [0.15, 0.2) is 32.9 Å². The summed E-state index contributed by atoms with van der Waals surface area (Å²) in [5, 5.41) is 12.2. The highest BCUT2D eigenvalue weighted by Gasteiger charge is 2.53. The van der Waals surface area contributed by atoms with Gasteiger partial charge in [-0.1, -0.05) is 26.7 Å². The summed E-state index contributed by atoms with van der Waals surface area (Å²) in [5.41, 5.74) is 3.48. The highest BCUT2D eigenvalue weighted by atomic mass is 16.1. The molecule has 2 aliphatic carbocycles. The summed E-state index contributed by atoms with van der Waals surface area (Å²) >= 11 is 0. The number of rotatable bonds is 0. The number of hydrogen-bond donors (Lipinski definition) is 1. The van der Waals surface area contributed by atoms with Crippen LogP contribution in [0.1, 0.15) is 59.3 Å². The molecular weight excluding hydrogens is 262 g/mol. The summed E-state index contributed by atoms with van der Waals surface area (Å²) in [6.45, 7) is 6.47. The molecule has 4 heteroatoms. The number of allylic oxidation sites excluding steroid dienone is 2. The van der Waals surface area contributed by atoms with E-state index in [1.54, 1.807) is 0 Å². The zero-order valence-corrected chi connectivity index (χ0v) is 13.1. The Morgan fingerprint density at radius 1 is 1.19 bits per heavy atom. The summed E-state index contributed by atoms with van der Waals surface area (Å²) < 4.78 is 0. The normalized spacial score (nSPS) is 32.5. The number of nitrogens with one attached hydrogen (secondary N) is 1. The molecule has 2 heterocycles. The van der Waals surface area contributed by atoms with E-state index in [9.17, 15) is 4.79 Å². The van der Waals surface area contributed by atoms with E-state index in [2.05, 4.69) is 36.3 Å². The maximum absolute atomic E-state index is 12.9. The molecule has 112 valence electrons. The third kappa shape index (κ3) is 1.71. The standard InChI is InChI=1S/C17H23N3O/c1-10-13-15(20-19-10)18-11-8-16(2,3)9-12(21)14(11)17(13)6-4-5-7-17/h10,18H,4-9H2,1-3H3. The van der Waals surface area contributed by atoms with Crippen LogP contribution in [-0.4, -0.2) is 11.8 Å². The Labute approximate surface area is 125 Å². The average molecular weight is 285 g/mol. The van der Waals surface area contributed by atoms with E-state index < -0.39 is 0 Å². The zero-order chi connectivity index (χ0) is 14.8. The molecule has 21 heavy (non-hydrogen) atoms. The minimum Gasteiger partial charge on any atom is -0.342 e. The molecule has 1 N–H and O–H groups in total. The van der Waals surface area contributed by atoms with Gasteiger partial charge in [0.2, 0.25) is 0 Å². The van der Waals surface area contributed by atoms with Gasteiger partial charge in [0.1, 0.15) is 0 Å². The van der Waals surface area contributed by atoms with Gasteiger partial charge in [0.05, 0.1) is 6.04 Å². The van der Waals surface area contributed by atoms with Gasteiger partial charge in [-0.15, -0.1) is 5.11 Å². The molecule has 1 fully saturated rings. The van der Waals surface area contributed by atoms with Gasteiger partial charge >= 0.3 is 0 Å². The lowest BCUT2D eigenvalue weighted by atomic mass is 9.61. The van der Waals surface area contributed by atoms with Crippen LogP contribution in [0.4, 0.5) is 0 Å². The van der Waals surface area contributed by atoms with E-state index in [-0.39, 0.29) is 16.9 Å². The minimum absolute atomic E-state index is 0.0438. The number of hydrogen-bond acceptors (Lipinski definition) is 4. The highest BCUT2D eigenvalue weighted by molar-refractivity contribution is 6.00. The van der Waals surface area contributed by atoms with Gasteiger partial charge < -0.3 is 5.32 Å². The van der Waals surface area contributed by atoms with Gasteiger partial charge in [-0.05, 0) is 31.6 Å².